The number of para-hydroxylation sites is 2. The average molecular weight is 226 g/mol. The van der Waals surface area contributed by atoms with Crippen molar-refractivity contribution in [3.05, 3.63) is 24.3 Å². The average Bonchev–Trinajstić information content (AvgIpc) is 2.26. The molecule has 1 aromatic rings. The molecule has 15 heavy (non-hydrogen) atoms. The molecule has 1 aromatic carbocycles. The van der Waals surface area contributed by atoms with E-state index < -0.39 is 0 Å². The zero-order valence-electron chi connectivity index (χ0n) is 8.94. The quantitative estimate of drug-likeness (QED) is 0.647. The molecular formula is C11H18N2OS. The first-order valence-electron chi connectivity index (χ1n) is 4.98. The van der Waals surface area contributed by atoms with E-state index in [4.69, 9.17) is 5.73 Å². The summed E-state index contributed by atoms with van der Waals surface area (Å²) in [5.74, 6) is 1.03. The van der Waals surface area contributed by atoms with E-state index in [9.17, 15) is 5.11 Å². The first-order valence-corrected chi connectivity index (χ1v) is 6.38. The highest BCUT2D eigenvalue weighted by Gasteiger charge is 2.07. The maximum atomic E-state index is 9.19. The van der Waals surface area contributed by atoms with Crippen molar-refractivity contribution in [2.75, 3.05) is 29.7 Å². The lowest BCUT2D eigenvalue weighted by Crippen LogP contribution is -2.24. The second-order valence-electron chi connectivity index (χ2n) is 3.39. The van der Waals surface area contributed by atoms with Crippen molar-refractivity contribution >= 4 is 23.1 Å². The molecule has 0 amide bonds. The fraction of sp³-hybridized carbons (Fsp3) is 0.455. The van der Waals surface area contributed by atoms with Crippen LogP contribution in [-0.2, 0) is 0 Å². The van der Waals surface area contributed by atoms with Gasteiger partial charge in [0.25, 0.3) is 0 Å². The Morgan fingerprint density at radius 1 is 1.47 bits per heavy atom. The number of thioether (sulfide) groups is 1. The molecule has 1 atom stereocenters. The Hall–Kier alpha value is -0.870. The Morgan fingerprint density at radius 3 is 2.80 bits per heavy atom. The molecule has 0 spiro atoms. The summed E-state index contributed by atoms with van der Waals surface area (Å²) < 4.78 is 0. The predicted molar refractivity (Wildman–Crippen MR) is 68.3 cm³/mol. The maximum absolute atomic E-state index is 9.19. The van der Waals surface area contributed by atoms with E-state index in [0.29, 0.717) is 0 Å². The van der Waals surface area contributed by atoms with Crippen LogP contribution in [0.2, 0.25) is 0 Å². The highest BCUT2D eigenvalue weighted by molar-refractivity contribution is 7.98. The molecule has 1 rings (SSSR count). The molecule has 0 heterocycles. The number of nitrogens with one attached hydrogen (secondary N) is 1. The van der Waals surface area contributed by atoms with Crippen LogP contribution >= 0.6 is 11.8 Å². The van der Waals surface area contributed by atoms with Crippen LogP contribution in [0.15, 0.2) is 24.3 Å². The Morgan fingerprint density at radius 2 is 2.20 bits per heavy atom. The summed E-state index contributed by atoms with van der Waals surface area (Å²) >= 11 is 1.78. The minimum absolute atomic E-state index is 0.0853. The van der Waals surface area contributed by atoms with E-state index in [0.717, 1.165) is 23.5 Å². The lowest BCUT2D eigenvalue weighted by Gasteiger charge is -2.18. The lowest BCUT2D eigenvalue weighted by molar-refractivity contribution is 0.272. The van der Waals surface area contributed by atoms with Gasteiger partial charge in [0.2, 0.25) is 0 Å². The number of nitrogens with two attached hydrogens (primary N) is 1. The molecule has 0 saturated heterocycles. The van der Waals surface area contributed by atoms with E-state index in [1.54, 1.807) is 11.8 Å². The fourth-order valence-electron chi connectivity index (χ4n) is 1.32. The zero-order valence-corrected chi connectivity index (χ0v) is 9.76. The number of aliphatic hydroxyl groups excluding tert-OH is 1. The van der Waals surface area contributed by atoms with E-state index in [1.807, 2.05) is 24.3 Å². The molecule has 0 saturated carbocycles. The summed E-state index contributed by atoms with van der Waals surface area (Å²) in [6, 6.07) is 7.70. The molecule has 0 aromatic heterocycles. The minimum atomic E-state index is 0.0853. The van der Waals surface area contributed by atoms with Gasteiger partial charge in [-0.2, -0.15) is 11.8 Å². The minimum Gasteiger partial charge on any atom is -0.397 e. The molecule has 0 radical (unpaired) electrons. The SMILES string of the molecule is CSCC[C@@H](CO)Nc1ccccc1N. The van der Waals surface area contributed by atoms with Gasteiger partial charge in [0.15, 0.2) is 0 Å². The first kappa shape index (κ1) is 12.2. The molecule has 0 bridgehead atoms. The largest absolute Gasteiger partial charge is 0.397 e. The smallest absolute Gasteiger partial charge is 0.0633 e. The molecule has 0 aliphatic rings. The fourth-order valence-corrected chi connectivity index (χ4v) is 1.84. The summed E-state index contributed by atoms with van der Waals surface area (Å²) in [5.41, 5.74) is 7.43. The van der Waals surface area contributed by atoms with Crippen molar-refractivity contribution in [2.45, 2.75) is 12.5 Å². The van der Waals surface area contributed by atoms with Gasteiger partial charge in [0, 0.05) is 0 Å². The van der Waals surface area contributed by atoms with Crippen molar-refractivity contribution in [2.24, 2.45) is 0 Å². The molecule has 0 unspecified atom stereocenters. The number of benzene rings is 1. The molecule has 0 aliphatic carbocycles. The van der Waals surface area contributed by atoms with Crippen LogP contribution in [0.5, 0.6) is 0 Å². The molecule has 0 fully saturated rings. The van der Waals surface area contributed by atoms with Crippen LogP contribution in [0.1, 0.15) is 6.42 Å². The third kappa shape index (κ3) is 4.01. The lowest BCUT2D eigenvalue weighted by atomic mass is 10.2. The molecular weight excluding hydrogens is 208 g/mol. The van der Waals surface area contributed by atoms with Crippen molar-refractivity contribution in [3.63, 3.8) is 0 Å². The van der Waals surface area contributed by atoms with Crippen molar-refractivity contribution in [1.29, 1.82) is 0 Å². The molecule has 3 nitrogen and oxygen atoms in total. The Bertz CT molecular complexity index is 294. The molecule has 0 aliphatic heterocycles. The summed E-state index contributed by atoms with van der Waals surface area (Å²) in [6.45, 7) is 0.134. The maximum Gasteiger partial charge on any atom is 0.0633 e. The second-order valence-corrected chi connectivity index (χ2v) is 4.38. The second kappa shape index (κ2) is 6.58. The third-order valence-electron chi connectivity index (χ3n) is 2.21. The van der Waals surface area contributed by atoms with Gasteiger partial charge in [-0.25, -0.2) is 0 Å². The normalized spacial score (nSPS) is 12.4. The van der Waals surface area contributed by atoms with Crippen molar-refractivity contribution in [1.82, 2.24) is 0 Å². The number of aliphatic hydroxyl groups is 1. The van der Waals surface area contributed by atoms with Gasteiger partial charge >= 0.3 is 0 Å². The van der Waals surface area contributed by atoms with Crippen LogP contribution in [0.25, 0.3) is 0 Å². The van der Waals surface area contributed by atoms with Crippen LogP contribution in [0.4, 0.5) is 11.4 Å². The topological polar surface area (TPSA) is 58.3 Å². The van der Waals surface area contributed by atoms with E-state index in [1.165, 1.54) is 0 Å². The zero-order chi connectivity index (χ0) is 11.1. The summed E-state index contributed by atoms with van der Waals surface area (Å²) in [6.07, 6.45) is 3.00. The first-order chi connectivity index (χ1) is 7.27. The summed E-state index contributed by atoms with van der Waals surface area (Å²) in [4.78, 5) is 0. The van der Waals surface area contributed by atoms with Gasteiger partial charge in [-0.05, 0) is 30.6 Å². The highest BCUT2D eigenvalue weighted by Crippen LogP contribution is 2.18. The number of rotatable bonds is 6. The Kier molecular flexibility index (Phi) is 5.36. The van der Waals surface area contributed by atoms with Crippen LogP contribution in [0.3, 0.4) is 0 Å². The van der Waals surface area contributed by atoms with Crippen LogP contribution in [0, 0.1) is 0 Å². The number of anilines is 2. The highest BCUT2D eigenvalue weighted by atomic mass is 32.2. The number of hydrogen-bond donors (Lipinski definition) is 3. The van der Waals surface area contributed by atoms with Gasteiger partial charge in [-0.1, -0.05) is 12.1 Å². The van der Waals surface area contributed by atoms with Crippen LogP contribution < -0.4 is 11.1 Å². The van der Waals surface area contributed by atoms with Gasteiger partial charge in [0.1, 0.15) is 0 Å². The van der Waals surface area contributed by atoms with Gasteiger partial charge in [-0.15, -0.1) is 0 Å². The Labute approximate surface area is 95.1 Å². The van der Waals surface area contributed by atoms with E-state index in [-0.39, 0.29) is 12.6 Å². The molecule has 4 heteroatoms. The standard InChI is InChI=1S/C11H18N2OS/c1-15-7-6-9(8-14)13-11-5-3-2-4-10(11)12/h2-5,9,13-14H,6-8,12H2,1H3/t9-/m0/s1. The monoisotopic (exact) mass is 226 g/mol. The van der Waals surface area contributed by atoms with Crippen LogP contribution in [-0.4, -0.2) is 29.8 Å². The van der Waals surface area contributed by atoms with E-state index in [2.05, 4.69) is 11.6 Å². The Balaban J connectivity index is 2.54. The number of hydrogen-bond acceptors (Lipinski definition) is 4. The molecule has 4 N–H and O–H groups in total. The van der Waals surface area contributed by atoms with Crippen molar-refractivity contribution < 1.29 is 5.11 Å². The summed E-state index contributed by atoms with van der Waals surface area (Å²) in [7, 11) is 0. The third-order valence-corrected chi connectivity index (χ3v) is 2.86. The van der Waals surface area contributed by atoms with E-state index >= 15 is 0 Å². The van der Waals surface area contributed by atoms with Crippen molar-refractivity contribution in [3.8, 4) is 0 Å². The summed E-state index contributed by atoms with van der Waals surface area (Å²) in [5, 5.41) is 12.4. The van der Waals surface area contributed by atoms with Gasteiger partial charge in [-0.3, -0.25) is 0 Å². The predicted octanol–water partition coefficient (Wildman–Crippen LogP) is 1.79. The molecule has 84 valence electrons. The van der Waals surface area contributed by atoms with Gasteiger partial charge in [0.05, 0.1) is 24.0 Å². The number of nitrogen functional groups attached to an aromatic ring is 1. The van der Waals surface area contributed by atoms with Gasteiger partial charge < -0.3 is 16.2 Å².